The van der Waals surface area contributed by atoms with Crippen molar-refractivity contribution in [1.82, 2.24) is 0 Å². The number of carbonyl (C=O) groups is 2. The first-order valence-corrected chi connectivity index (χ1v) is 7.88. The van der Waals surface area contributed by atoms with Crippen molar-refractivity contribution in [3.05, 3.63) is 71.8 Å². The molecule has 0 saturated heterocycles. The van der Waals surface area contributed by atoms with Crippen molar-refractivity contribution < 1.29 is 19.1 Å². The van der Waals surface area contributed by atoms with Crippen LogP contribution < -0.4 is 9.47 Å². The second-order valence-electron chi connectivity index (χ2n) is 5.62. The molecule has 0 unspecified atom stereocenters. The Morgan fingerprint density at radius 1 is 1.17 bits per heavy atom. The topological polar surface area (TPSA) is 52.6 Å². The molecule has 2 aromatic rings. The predicted molar refractivity (Wildman–Crippen MR) is 90.3 cm³/mol. The average Bonchev–Trinajstić information content (AvgIpc) is 2.61. The third-order valence-corrected chi connectivity index (χ3v) is 3.97. The molecule has 0 radical (unpaired) electrons. The largest absolute Gasteiger partial charge is 0.489 e. The maximum Gasteiger partial charge on any atom is 0.335 e. The van der Waals surface area contributed by atoms with Crippen LogP contribution in [0.2, 0.25) is 0 Å². The molecule has 0 amide bonds. The quantitative estimate of drug-likeness (QED) is 0.476. The van der Waals surface area contributed by atoms with Gasteiger partial charge in [0.1, 0.15) is 18.1 Å². The summed E-state index contributed by atoms with van der Waals surface area (Å²) in [5.74, 6) is 0.850. The fourth-order valence-electron chi connectivity index (χ4n) is 2.75. The van der Waals surface area contributed by atoms with E-state index in [1.165, 1.54) is 0 Å². The number of hydrogen-bond donors (Lipinski definition) is 0. The summed E-state index contributed by atoms with van der Waals surface area (Å²) in [6.07, 6.45) is 3.52. The minimum Gasteiger partial charge on any atom is -0.489 e. The molecule has 3 rings (SSSR count). The van der Waals surface area contributed by atoms with E-state index in [1.807, 2.05) is 24.3 Å². The van der Waals surface area contributed by atoms with Gasteiger partial charge in [-0.2, -0.15) is 0 Å². The first-order valence-electron chi connectivity index (χ1n) is 7.88. The van der Waals surface area contributed by atoms with E-state index >= 15 is 0 Å². The fourth-order valence-corrected chi connectivity index (χ4v) is 2.75. The predicted octanol–water partition coefficient (Wildman–Crippen LogP) is 3.88. The minimum atomic E-state index is -0.505. The van der Waals surface area contributed by atoms with Gasteiger partial charge in [-0.1, -0.05) is 24.8 Å². The van der Waals surface area contributed by atoms with E-state index in [9.17, 15) is 9.59 Å². The Morgan fingerprint density at radius 2 is 2.00 bits per heavy atom. The van der Waals surface area contributed by atoms with Crippen LogP contribution in [0.15, 0.2) is 55.1 Å². The number of rotatable bonds is 5. The van der Waals surface area contributed by atoms with Gasteiger partial charge in [0.05, 0.1) is 0 Å². The van der Waals surface area contributed by atoms with Gasteiger partial charge in [0.25, 0.3) is 0 Å². The number of ether oxygens (including phenoxy) is 2. The normalized spacial score (nSPS) is 13.1. The number of hydrogen-bond acceptors (Lipinski definition) is 4. The Morgan fingerprint density at radius 3 is 2.83 bits per heavy atom. The summed E-state index contributed by atoms with van der Waals surface area (Å²) in [7, 11) is 0. The number of para-hydroxylation sites is 1. The van der Waals surface area contributed by atoms with Crippen molar-refractivity contribution in [3.63, 3.8) is 0 Å². The Hall–Kier alpha value is -2.88. The molecule has 1 aliphatic carbocycles. The van der Waals surface area contributed by atoms with Crippen molar-refractivity contribution in [2.24, 2.45) is 0 Å². The van der Waals surface area contributed by atoms with Crippen LogP contribution in [0.1, 0.15) is 34.3 Å². The number of carbonyl (C=O) groups excluding carboxylic acids is 2. The highest BCUT2D eigenvalue weighted by Gasteiger charge is 2.17. The number of esters is 1. The number of benzene rings is 2. The van der Waals surface area contributed by atoms with Crippen molar-refractivity contribution in [2.75, 3.05) is 0 Å². The Kier molecular flexibility index (Phi) is 4.75. The van der Waals surface area contributed by atoms with E-state index in [4.69, 9.17) is 9.47 Å². The average molecular weight is 322 g/mol. The molecule has 0 fully saturated rings. The molecule has 4 heteroatoms. The molecule has 24 heavy (non-hydrogen) atoms. The second kappa shape index (κ2) is 7.13. The van der Waals surface area contributed by atoms with E-state index in [-0.39, 0.29) is 12.4 Å². The zero-order valence-electron chi connectivity index (χ0n) is 13.3. The van der Waals surface area contributed by atoms with Gasteiger partial charge in [-0.05, 0) is 42.7 Å². The lowest BCUT2D eigenvalue weighted by Crippen LogP contribution is -2.11. The molecule has 0 aliphatic heterocycles. The molecule has 1 aliphatic rings. The SMILES string of the molecule is C=CC(=O)Oc1ccccc1COc1ccc2c(c1)CCCC2=O. The van der Waals surface area contributed by atoms with Crippen LogP contribution in [0.3, 0.4) is 0 Å². The van der Waals surface area contributed by atoms with Gasteiger partial charge in [-0.3, -0.25) is 4.79 Å². The number of ketones is 1. The molecule has 0 aromatic heterocycles. The summed E-state index contributed by atoms with van der Waals surface area (Å²) in [5.41, 5.74) is 2.60. The Labute approximate surface area is 140 Å². The maximum atomic E-state index is 11.9. The molecule has 122 valence electrons. The summed E-state index contributed by atoms with van der Waals surface area (Å²) >= 11 is 0. The second-order valence-corrected chi connectivity index (χ2v) is 5.62. The zero-order valence-corrected chi connectivity index (χ0v) is 13.3. The third kappa shape index (κ3) is 3.54. The van der Waals surface area contributed by atoms with E-state index in [2.05, 4.69) is 6.58 Å². The molecule has 0 N–H and O–H groups in total. The van der Waals surface area contributed by atoms with E-state index in [1.54, 1.807) is 18.2 Å². The lowest BCUT2D eigenvalue weighted by Gasteiger charge is -2.16. The fraction of sp³-hybridized carbons (Fsp3) is 0.200. The lowest BCUT2D eigenvalue weighted by atomic mass is 9.90. The minimum absolute atomic E-state index is 0.199. The van der Waals surface area contributed by atoms with Gasteiger partial charge in [-0.25, -0.2) is 4.79 Å². The van der Waals surface area contributed by atoms with Gasteiger partial charge >= 0.3 is 5.97 Å². The number of fused-ring (bicyclic) bond motifs is 1. The van der Waals surface area contributed by atoms with E-state index in [0.29, 0.717) is 17.9 Å². The molecule has 2 aromatic carbocycles. The summed E-state index contributed by atoms with van der Waals surface area (Å²) in [6.45, 7) is 3.66. The zero-order chi connectivity index (χ0) is 16.9. The first-order chi connectivity index (χ1) is 11.7. The molecular weight excluding hydrogens is 304 g/mol. The Bertz CT molecular complexity index is 792. The molecule has 0 bridgehead atoms. The van der Waals surface area contributed by atoms with Gasteiger partial charge in [-0.15, -0.1) is 0 Å². The number of aryl methyl sites for hydroxylation is 1. The van der Waals surface area contributed by atoms with Crippen LogP contribution in [0.4, 0.5) is 0 Å². The summed E-state index contributed by atoms with van der Waals surface area (Å²) in [5, 5.41) is 0. The highest BCUT2D eigenvalue weighted by Crippen LogP contribution is 2.27. The van der Waals surface area contributed by atoms with Gasteiger partial charge in [0.2, 0.25) is 0 Å². The van der Waals surface area contributed by atoms with Crippen LogP contribution in [0.25, 0.3) is 0 Å². The van der Waals surface area contributed by atoms with Crippen LogP contribution in [0, 0.1) is 0 Å². The van der Waals surface area contributed by atoms with Crippen LogP contribution in [-0.2, 0) is 17.8 Å². The van der Waals surface area contributed by atoms with Crippen molar-refractivity contribution in [3.8, 4) is 11.5 Å². The van der Waals surface area contributed by atoms with Crippen molar-refractivity contribution in [2.45, 2.75) is 25.9 Å². The maximum absolute atomic E-state index is 11.9. The van der Waals surface area contributed by atoms with E-state index in [0.717, 1.165) is 35.6 Å². The molecule has 0 atom stereocenters. The monoisotopic (exact) mass is 322 g/mol. The molecular formula is C20H18O4. The third-order valence-electron chi connectivity index (χ3n) is 3.97. The van der Waals surface area contributed by atoms with Crippen LogP contribution in [0.5, 0.6) is 11.5 Å². The number of Topliss-reactive ketones (excluding diaryl/α,β-unsaturated/α-hetero) is 1. The van der Waals surface area contributed by atoms with Crippen molar-refractivity contribution in [1.29, 1.82) is 0 Å². The summed E-state index contributed by atoms with van der Waals surface area (Å²) in [6, 6.07) is 12.8. The van der Waals surface area contributed by atoms with Gasteiger partial charge in [0, 0.05) is 23.6 Å². The lowest BCUT2D eigenvalue weighted by molar-refractivity contribution is -0.129. The molecule has 0 spiro atoms. The van der Waals surface area contributed by atoms with Crippen LogP contribution in [-0.4, -0.2) is 11.8 Å². The highest BCUT2D eigenvalue weighted by molar-refractivity contribution is 5.98. The standard InChI is InChI=1S/C20H18O4/c1-2-20(22)24-19-9-4-3-6-15(19)13-23-16-10-11-17-14(12-16)7-5-8-18(17)21/h2-4,6,9-12H,1,5,7-8,13H2. The van der Waals surface area contributed by atoms with Crippen LogP contribution >= 0.6 is 0 Å². The summed E-state index contributed by atoms with van der Waals surface area (Å²) in [4.78, 5) is 23.2. The molecule has 0 heterocycles. The van der Waals surface area contributed by atoms with Gasteiger partial charge in [0.15, 0.2) is 5.78 Å². The van der Waals surface area contributed by atoms with E-state index < -0.39 is 5.97 Å². The smallest absolute Gasteiger partial charge is 0.335 e. The summed E-state index contributed by atoms with van der Waals surface area (Å²) < 4.78 is 11.0. The van der Waals surface area contributed by atoms with Crippen molar-refractivity contribution >= 4 is 11.8 Å². The molecule has 4 nitrogen and oxygen atoms in total. The Balaban J connectivity index is 1.73. The molecule has 0 saturated carbocycles. The highest BCUT2D eigenvalue weighted by atomic mass is 16.5. The first kappa shape index (κ1) is 16.0. The van der Waals surface area contributed by atoms with Gasteiger partial charge < -0.3 is 9.47 Å².